The number of nitrogens with zero attached hydrogens (tertiary/aromatic N) is 1. The lowest BCUT2D eigenvalue weighted by Gasteiger charge is -2.31. The van der Waals surface area contributed by atoms with Gasteiger partial charge in [0.2, 0.25) is 5.91 Å². The number of piperidine rings is 1. The first kappa shape index (κ1) is 13.8. The molecule has 0 unspecified atom stereocenters. The highest BCUT2D eigenvalue weighted by Crippen LogP contribution is 2.19. The second-order valence-electron chi connectivity index (χ2n) is 5.05. The molecular weight excluding hydrogens is 238 g/mol. The zero-order valence-electron chi connectivity index (χ0n) is 11.2. The summed E-state index contributed by atoms with van der Waals surface area (Å²) in [6, 6.07) is 9.84. The summed E-state index contributed by atoms with van der Waals surface area (Å²) < 4.78 is 0. The standard InChI is InChI=1S/C16H21NO2/c18-12-10-15-7-4-11-17(13-15)16(19)9-8-14-5-2-1-3-6-14/h1-3,5-6,8-9,15,18H,4,7,10-13H2/b9-8+/t15-/m1/s1. The van der Waals surface area contributed by atoms with Crippen LogP contribution in [0.2, 0.25) is 0 Å². The summed E-state index contributed by atoms with van der Waals surface area (Å²) in [4.78, 5) is 14.0. The van der Waals surface area contributed by atoms with Gasteiger partial charge in [0, 0.05) is 25.8 Å². The summed E-state index contributed by atoms with van der Waals surface area (Å²) in [5.41, 5.74) is 1.04. The maximum absolute atomic E-state index is 12.1. The molecule has 1 N–H and O–H groups in total. The molecule has 0 radical (unpaired) electrons. The van der Waals surface area contributed by atoms with Crippen molar-refractivity contribution in [2.24, 2.45) is 5.92 Å². The molecule has 0 spiro atoms. The summed E-state index contributed by atoms with van der Waals surface area (Å²) in [6.07, 6.45) is 6.46. The Balaban J connectivity index is 1.90. The van der Waals surface area contributed by atoms with Crippen LogP contribution in [0.4, 0.5) is 0 Å². The van der Waals surface area contributed by atoms with Gasteiger partial charge in [-0.15, -0.1) is 0 Å². The van der Waals surface area contributed by atoms with Gasteiger partial charge in [-0.2, -0.15) is 0 Å². The highest BCUT2D eigenvalue weighted by atomic mass is 16.3. The molecule has 1 heterocycles. The van der Waals surface area contributed by atoms with Gasteiger partial charge in [0.05, 0.1) is 0 Å². The van der Waals surface area contributed by atoms with Crippen LogP contribution in [-0.2, 0) is 4.79 Å². The minimum absolute atomic E-state index is 0.0755. The zero-order valence-corrected chi connectivity index (χ0v) is 11.2. The van der Waals surface area contributed by atoms with Crippen molar-refractivity contribution in [3.05, 3.63) is 42.0 Å². The first-order valence-electron chi connectivity index (χ1n) is 6.92. The largest absolute Gasteiger partial charge is 0.396 e. The average molecular weight is 259 g/mol. The fraction of sp³-hybridized carbons (Fsp3) is 0.438. The van der Waals surface area contributed by atoms with E-state index in [2.05, 4.69) is 0 Å². The van der Waals surface area contributed by atoms with Crippen molar-refractivity contribution in [2.45, 2.75) is 19.3 Å². The number of carbonyl (C=O) groups excluding carboxylic acids is 1. The predicted octanol–water partition coefficient (Wildman–Crippen LogP) is 2.32. The van der Waals surface area contributed by atoms with Crippen molar-refractivity contribution in [1.82, 2.24) is 4.90 Å². The monoisotopic (exact) mass is 259 g/mol. The predicted molar refractivity (Wildman–Crippen MR) is 76.5 cm³/mol. The van der Waals surface area contributed by atoms with E-state index in [0.717, 1.165) is 37.9 Å². The lowest BCUT2D eigenvalue weighted by molar-refractivity contribution is -0.127. The SMILES string of the molecule is O=C(/C=C/c1ccccc1)N1CCC[C@H](CCO)C1. The number of likely N-dealkylation sites (tertiary alicyclic amines) is 1. The lowest BCUT2D eigenvalue weighted by Crippen LogP contribution is -2.39. The summed E-state index contributed by atoms with van der Waals surface area (Å²) in [6.45, 7) is 1.82. The Kier molecular flexibility index (Phi) is 5.16. The average Bonchev–Trinajstić information content (AvgIpc) is 2.46. The van der Waals surface area contributed by atoms with Crippen LogP contribution in [0.3, 0.4) is 0 Å². The van der Waals surface area contributed by atoms with Crippen molar-refractivity contribution in [3.63, 3.8) is 0 Å². The number of benzene rings is 1. The molecule has 102 valence electrons. The van der Waals surface area contributed by atoms with Crippen molar-refractivity contribution >= 4 is 12.0 Å². The van der Waals surface area contributed by atoms with E-state index in [1.54, 1.807) is 6.08 Å². The minimum atomic E-state index is 0.0755. The number of hydrogen-bond donors (Lipinski definition) is 1. The smallest absolute Gasteiger partial charge is 0.246 e. The molecule has 1 amide bonds. The van der Waals surface area contributed by atoms with Crippen LogP contribution < -0.4 is 0 Å². The van der Waals surface area contributed by atoms with Crippen molar-refractivity contribution in [3.8, 4) is 0 Å². The molecule has 1 aliphatic rings. The second-order valence-corrected chi connectivity index (χ2v) is 5.05. The summed E-state index contributed by atoms with van der Waals surface area (Å²) in [5.74, 6) is 0.527. The molecule has 1 aromatic rings. The zero-order chi connectivity index (χ0) is 13.5. The highest BCUT2D eigenvalue weighted by Gasteiger charge is 2.21. The van der Waals surface area contributed by atoms with Crippen molar-refractivity contribution < 1.29 is 9.90 Å². The molecule has 1 fully saturated rings. The van der Waals surface area contributed by atoms with E-state index in [1.165, 1.54) is 0 Å². The molecule has 1 saturated heterocycles. The van der Waals surface area contributed by atoms with Crippen LogP contribution in [-0.4, -0.2) is 35.6 Å². The third-order valence-corrected chi connectivity index (χ3v) is 3.59. The molecule has 0 aliphatic carbocycles. The normalized spacial score (nSPS) is 19.8. The third kappa shape index (κ3) is 4.21. The van der Waals surface area contributed by atoms with Gasteiger partial charge in [-0.1, -0.05) is 30.3 Å². The maximum atomic E-state index is 12.1. The van der Waals surface area contributed by atoms with E-state index in [0.29, 0.717) is 5.92 Å². The van der Waals surface area contributed by atoms with Gasteiger partial charge in [-0.05, 0) is 36.8 Å². The van der Waals surface area contributed by atoms with E-state index in [4.69, 9.17) is 5.11 Å². The first-order chi connectivity index (χ1) is 9.29. The molecule has 19 heavy (non-hydrogen) atoms. The van der Waals surface area contributed by atoms with Gasteiger partial charge in [0.25, 0.3) is 0 Å². The van der Waals surface area contributed by atoms with Gasteiger partial charge in [-0.25, -0.2) is 0 Å². The fourth-order valence-corrected chi connectivity index (χ4v) is 2.52. The van der Waals surface area contributed by atoms with Crippen LogP contribution >= 0.6 is 0 Å². The summed E-state index contributed by atoms with van der Waals surface area (Å²) >= 11 is 0. The van der Waals surface area contributed by atoms with Crippen LogP contribution in [0.25, 0.3) is 6.08 Å². The molecular formula is C16H21NO2. The summed E-state index contributed by atoms with van der Waals surface area (Å²) in [5, 5.41) is 8.98. The van der Waals surface area contributed by atoms with Crippen molar-refractivity contribution in [1.29, 1.82) is 0 Å². The molecule has 0 bridgehead atoms. The van der Waals surface area contributed by atoms with Gasteiger partial charge in [0.15, 0.2) is 0 Å². The molecule has 1 aromatic carbocycles. The number of aliphatic hydroxyl groups excluding tert-OH is 1. The van der Waals surface area contributed by atoms with Crippen molar-refractivity contribution in [2.75, 3.05) is 19.7 Å². The number of carbonyl (C=O) groups is 1. The second kappa shape index (κ2) is 7.10. The lowest BCUT2D eigenvalue weighted by atomic mass is 9.95. The fourth-order valence-electron chi connectivity index (χ4n) is 2.52. The van der Waals surface area contributed by atoms with Crippen LogP contribution in [0.15, 0.2) is 36.4 Å². The molecule has 0 aromatic heterocycles. The molecule has 1 aliphatic heterocycles. The van der Waals surface area contributed by atoms with E-state index in [1.807, 2.05) is 41.3 Å². The number of amides is 1. The van der Waals surface area contributed by atoms with E-state index in [-0.39, 0.29) is 12.5 Å². The first-order valence-corrected chi connectivity index (χ1v) is 6.92. The number of rotatable bonds is 4. The molecule has 2 rings (SSSR count). The number of hydrogen-bond acceptors (Lipinski definition) is 2. The van der Waals surface area contributed by atoms with Gasteiger partial charge in [-0.3, -0.25) is 4.79 Å². The Hall–Kier alpha value is -1.61. The Morgan fingerprint density at radius 2 is 2.16 bits per heavy atom. The highest BCUT2D eigenvalue weighted by molar-refractivity contribution is 5.91. The Bertz CT molecular complexity index is 426. The van der Waals surface area contributed by atoms with Crippen LogP contribution in [0.5, 0.6) is 0 Å². The maximum Gasteiger partial charge on any atom is 0.246 e. The van der Waals surface area contributed by atoms with Gasteiger partial charge in [0.1, 0.15) is 0 Å². The van der Waals surface area contributed by atoms with E-state index >= 15 is 0 Å². The Morgan fingerprint density at radius 1 is 1.37 bits per heavy atom. The quantitative estimate of drug-likeness (QED) is 0.843. The number of aliphatic hydroxyl groups is 1. The van der Waals surface area contributed by atoms with Gasteiger partial charge >= 0.3 is 0 Å². The van der Waals surface area contributed by atoms with E-state index in [9.17, 15) is 4.79 Å². The van der Waals surface area contributed by atoms with E-state index < -0.39 is 0 Å². The molecule has 1 atom stereocenters. The van der Waals surface area contributed by atoms with Gasteiger partial charge < -0.3 is 10.0 Å². The molecule has 0 saturated carbocycles. The van der Waals surface area contributed by atoms with Crippen LogP contribution in [0, 0.1) is 5.92 Å². The third-order valence-electron chi connectivity index (χ3n) is 3.59. The minimum Gasteiger partial charge on any atom is -0.396 e. The van der Waals surface area contributed by atoms with Crippen LogP contribution in [0.1, 0.15) is 24.8 Å². The summed E-state index contributed by atoms with van der Waals surface area (Å²) in [7, 11) is 0. The molecule has 3 heteroatoms. The Morgan fingerprint density at radius 3 is 2.89 bits per heavy atom. The Labute approximate surface area is 114 Å². The topological polar surface area (TPSA) is 40.5 Å². The molecule has 3 nitrogen and oxygen atoms in total.